The number of rotatable bonds is 7. The van der Waals surface area contributed by atoms with Gasteiger partial charge in [0.15, 0.2) is 0 Å². The van der Waals surface area contributed by atoms with Gasteiger partial charge < -0.3 is 15.4 Å². The zero-order chi connectivity index (χ0) is 18.4. The fourth-order valence-electron chi connectivity index (χ4n) is 2.42. The topological polar surface area (TPSA) is 59.1 Å². The Morgan fingerprint density at radius 3 is 2.73 bits per heavy atom. The molecule has 0 aliphatic rings. The van der Waals surface area contributed by atoms with Crippen LogP contribution in [0, 0.1) is 0 Å². The van der Waals surface area contributed by atoms with E-state index in [0.29, 0.717) is 29.1 Å². The van der Waals surface area contributed by atoms with E-state index in [1.165, 1.54) is 0 Å². The number of benzene rings is 2. The van der Waals surface area contributed by atoms with E-state index in [9.17, 15) is 0 Å². The first-order chi connectivity index (χ1) is 12.6. The molecule has 0 fully saturated rings. The van der Waals surface area contributed by atoms with Crippen LogP contribution in [-0.2, 0) is 6.42 Å². The predicted molar refractivity (Wildman–Crippen MR) is 107 cm³/mol. The van der Waals surface area contributed by atoms with Crippen LogP contribution < -0.4 is 15.4 Å². The largest absolute Gasteiger partial charge is 0.495 e. The van der Waals surface area contributed by atoms with Gasteiger partial charge in [-0.2, -0.15) is 4.98 Å². The zero-order valence-corrected chi connectivity index (χ0v) is 15.7. The van der Waals surface area contributed by atoms with Crippen LogP contribution in [0.25, 0.3) is 0 Å². The summed E-state index contributed by atoms with van der Waals surface area (Å²) in [5, 5.41) is 7.69. The van der Waals surface area contributed by atoms with Gasteiger partial charge in [0, 0.05) is 23.5 Å². The number of hydrogen-bond donors (Lipinski definition) is 2. The summed E-state index contributed by atoms with van der Waals surface area (Å²) in [6, 6.07) is 15.1. The van der Waals surface area contributed by atoms with Crippen LogP contribution in [0.3, 0.4) is 0 Å². The van der Waals surface area contributed by atoms with Gasteiger partial charge in [0.25, 0.3) is 0 Å². The summed E-state index contributed by atoms with van der Waals surface area (Å²) in [6.45, 7) is 0.707. The van der Waals surface area contributed by atoms with Crippen LogP contribution in [0.5, 0.6) is 5.75 Å². The first-order valence-corrected chi connectivity index (χ1v) is 8.81. The number of methoxy groups -OCH3 is 1. The van der Waals surface area contributed by atoms with Gasteiger partial charge in [-0.25, -0.2) is 4.98 Å². The Kier molecular flexibility index (Phi) is 6.15. The Morgan fingerprint density at radius 1 is 1.08 bits per heavy atom. The number of halogens is 2. The van der Waals surface area contributed by atoms with Gasteiger partial charge in [-0.3, -0.25) is 0 Å². The van der Waals surface area contributed by atoms with Crippen molar-refractivity contribution in [1.82, 2.24) is 9.97 Å². The standard InChI is InChI=1S/C19H18Cl2N4O/c1-26-17-6-5-15(12-16(17)21)24-18-8-10-23-19(25-18)22-9-7-13-3-2-4-14(20)11-13/h2-6,8,10-12H,7,9H2,1H3,(H2,22,23,24,25). The summed E-state index contributed by atoms with van der Waals surface area (Å²) in [4.78, 5) is 8.70. The van der Waals surface area contributed by atoms with Crippen LogP contribution in [0.4, 0.5) is 17.5 Å². The van der Waals surface area contributed by atoms with Gasteiger partial charge in [-0.05, 0) is 48.4 Å². The van der Waals surface area contributed by atoms with Crippen LogP contribution >= 0.6 is 23.2 Å². The predicted octanol–water partition coefficient (Wildman–Crippen LogP) is 5.19. The molecule has 0 saturated carbocycles. The second-order valence-corrected chi connectivity index (χ2v) is 6.39. The second-order valence-electron chi connectivity index (χ2n) is 5.55. The number of ether oxygens (including phenoxy) is 1. The van der Waals surface area contributed by atoms with Crippen LogP contribution in [0.1, 0.15) is 5.56 Å². The van der Waals surface area contributed by atoms with Crippen molar-refractivity contribution in [2.24, 2.45) is 0 Å². The second kappa shape index (κ2) is 8.74. The lowest BCUT2D eigenvalue weighted by Crippen LogP contribution is -2.08. The van der Waals surface area contributed by atoms with Crippen molar-refractivity contribution < 1.29 is 4.74 Å². The average Bonchev–Trinajstić information content (AvgIpc) is 2.62. The molecule has 0 atom stereocenters. The van der Waals surface area contributed by atoms with Crippen molar-refractivity contribution in [1.29, 1.82) is 0 Å². The first kappa shape index (κ1) is 18.3. The third-order valence-electron chi connectivity index (χ3n) is 3.67. The number of aromatic nitrogens is 2. The number of hydrogen-bond acceptors (Lipinski definition) is 5. The van der Waals surface area contributed by atoms with E-state index >= 15 is 0 Å². The van der Waals surface area contributed by atoms with Gasteiger partial charge in [0.2, 0.25) is 5.95 Å². The van der Waals surface area contributed by atoms with Gasteiger partial charge in [0.1, 0.15) is 11.6 Å². The highest BCUT2D eigenvalue weighted by Crippen LogP contribution is 2.28. The minimum absolute atomic E-state index is 0.534. The van der Waals surface area contributed by atoms with E-state index in [2.05, 4.69) is 20.6 Å². The fourth-order valence-corrected chi connectivity index (χ4v) is 2.89. The summed E-state index contributed by atoms with van der Waals surface area (Å²) in [6.07, 6.45) is 2.53. The summed E-state index contributed by atoms with van der Waals surface area (Å²) < 4.78 is 5.15. The maximum atomic E-state index is 6.15. The van der Waals surface area contributed by atoms with Crippen LogP contribution in [-0.4, -0.2) is 23.6 Å². The quantitative estimate of drug-likeness (QED) is 0.582. The molecule has 0 aliphatic carbocycles. The normalized spacial score (nSPS) is 10.4. The van der Waals surface area contributed by atoms with E-state index in [4.69, 9.17) is 27.9 Å². The number of anilines is 3. The Hall–Kier alpha value is -2.50. The molecule has 0 bridgehead atoms. The van der Waals surface area contributed by atoms with Crippen LogP contribution in [0.15, 0.2) is 54.7 Å². The van der Waals surface area contributed by atoms with E-state index < -0.39 is 0 Å². The highest BCUT2D eigenvalue weighted by Gasteiger charge is 2.04. The lowest BCUT2D eigenvalue weighted by atomic mass is 10.1. The molecule has 3 aromatic rings. The maximum Gasteiger partial charge on any atom is 0.224 e. The molecule has 5 nitrogen and oxygen atoms in total. The fraction of sp³-hybridized carbons (Fsp3) is 0.158. The molecule has 3 rings (SSSR count). The van der Waals surface area contributed by atoms with E-state index in [0.717, 1.165) is 22.7 Å². The molecule has 2 aromatic carbocycles. The molecular formula is C19H18Cl2N4O. The molecular weight excluding hydrogens is 371 g/mol. The minimum Gasteiger partial charge on any atom is -0.495 e. The van der Waals surface area contributed by atoms with Crippen molar-refractivity contribution in [2.45, 2.75) is 6.42 Å². The molecule has 0 amide bonds. The highest BCUT2D eigenvalue weighted by molar-refractivity contribution is 6.32. The van der Waals surface area contributed by atoms with Gasteiger partial charge in [0.05, 0.1) is 12.1 Å². The minimum atomic E-state index is 0.534. The van der Waals surface area contributed by atoms with Gasteiger partial charge in [-0.1, -0.05) is 35.3 Å². The maximum absolute atomic E-state index is 6.15. The molecule has 0 spiro atoms. The van der Waals surface area contributed by atoms with Crippen molar-refractivity contribution in [2.75, 3.05) is 24.3 Å². The molecule has 134 valence electrons. The van der Waals surface area contributed by atoms with E-state index in [1.807, 2.05) is 30.3 Å². The SMILES string of the molecule is COc1ccc(Nc2ccnc(NCCc3cccc(Cl)c3)n2)cc1Cl. The molecule has 0 unspecified atom stereocenters. The molecule has 1 aromatic heterocycles. The molecule has 2 N–H and O–H groups in total. The first-order valence-electron chi connectivity index (χ1n) is 8.06. The monoisotopic (exact) mass is 388 g/mol. The van der Waals surface area contributed by atoms with Crippen molar-refractivity contribution in [3.63, 3.8) is 0 Å². The molecule has 0 saturated heterocycles. The van der Waals surface area contributed by atoms with E-state index in [-0.39, 0.29) is 0 Å². The Morgan fingerprint density at radius 2 is 1.96 bits per heavy atom. The number of nitrogens with one attached hydrogen (secondary N) is 2. The van der Waals surface area contributed by atoms with Crippen molar-refractivity contribution >= 4 is 40.7 Å². The van der Waals surface area contributed by atoms with Crippen LogP contribution in [0.2, 0.25) is 10.0 Å². The Labute approximate surface area is 162 Å². The Bertz CT molecular complexity index is 889. The summed E-state index contributed by atoms with van der Waals surface area (Å²) in [5.74, 6) is 1.85. The number of nitrogens with zero attached hydrogens (tertiary/aromatic N) is 2. The smallest absolute Gasteiger partial charge is 0.224 e. The Balaban J connectivity index is 1.60. The molecule has 7 heteroatoms. The average molecular weight is 389 g/mol. The summed E-state index contributed by atoms with van der Waals surface area (Å²) >= 11 is 12.1. The van der Waals surface area contributed by atoms with Gasteiger partial charge in [-0.15, -0.1) is 0 Å². The zero-order valence-electron chi connectivity index (χ0n) is 14.2. The summed E-state index contributed by atoms with van der Waals surface area (Å²) in [5.41, 5.74) is 1.98. The third kappa shape index (κ3) is 5.00. The van der Waals surface area contributed by atoms with Crippen molar-refractivity contribution in [3.8, 4) is 5.75 Å². The molecule has 0 aliphatic heterocycles. The lowest BCUT2D eigenvalue weighted by Gasteiger charge is -2.10. The van der Waals surface area contributed by atoms with Crippen molar-refractivity contribution in [3.05, 3.63) is 70.3 Å². The molecule has 26 heavy (non-hydrogen) atoms. The van der Waals surface area contributed by atoms with Gasteiger partial charge >= 0.3 is 0 Å². The molecule has 0 radical (unpaired) electrons. The van der Waals surface area contributed by atoms with E-state index in [1.54, 1.807) is 31.5 Å². The lowest BCUT2D eigenvalue weighted by molar-refractivity contribution is 0.415. The summed E-state index contributed by atoms with van der Waals surface area (Å²) in [7, 11) is 1.58. The highest BCUT2D eigenvalue weighted by atomic mass is 35.5. The third-order valence-corrected chi connectivity index (χ3v) is 4.20. The molecule has 1 heterocycles.